The molecule has 0 saturated heterocycles. The summed E-state index contributed by atoms with van der Waals surface area (Å²) in [5.74, 6) is -0.121. The van der Waals surface area contributed by atoms with Gasteiger partial charge in [0.2, 0.25) is 5.91 Å². The first-order valence-corrected chi connectivity index (χ1v) is 8.55. The molecule has 0 aromatic carbocycles. The van der Waals surface area contributed by atoms with Gasteiger partial charge in [-0.1, -0.05) is 0 Å². The first kappa shape index (κ1) is 23.3. The van der Waals surface area contributed by atoms with E-state index >= 15 is 0 Å². The Morgan fingerprint density at radius 2 is 1.21 bits per heavy atom. The van der Waals surface area contributed by atoms with Crippen LogP contribution in [0.15, 0.2) is 0 Å². The van der Waals surface area contributed by atoms with Crippen molar-refractivity contribution in [3.8, 4) is 0 Å². The largest absolute Gasteiger partial charge is 0.377 e. The average molecular weight is 349 g/mol. The molecule has 0 saturated carbocycles. The van der Waals surface area contributed by atoms with Crippen molar-refractivity contribution in [3.63, 3.8) is 0 Å². The van der Waals surface area contributed by atoms with E-state index in [1.54, 1.807) is 0 Å². The second-order valence-corrected chi connectivity index (χ2v) is 6.61. The molecule has 0 heterocycles. The van der Waals surface area contributed by atoms with Gasteiger partial charge in [0.15, 0.2) is 0 Å². The van der Waals surface area contributed by atoms with Crippen molar-refractivity contribution >= 4 is 5.91 Å². The monoisotopic (exact) mass is 349 g/mol. The quantitative estimate of drug-likeness (QED) is 0.450. The maximum atomic E-state index is 11.5. The number of hydrogen-bond donors (Lipinski definition) is 1. The third-order valence-corrected chi connectivity index (χ3v) is 2.54. The van der Waals surface area contributed by atoms with E-state index in [1.165, 1.54) is 0 Å². The van der Waals surface area contributed by atoms with Crippen LogP contribution >= 0.6 is 0 Å². The number of carbonyl (C=O) groups excluding carboxylic acids is 1. The summed E-state index contributed by atoms with van der Waals surface area (Å²) in [7, 11) is 0. The predicted octanol–water partition coefficient (Wildman–Crippen LogP) is 1.39. The molecule has 0 radical (unpaired) electrons. The molecule has 0 rings (SSSR count). The highest BCUT2D eigenvalue weighted by Crippen LogP contribution is 1.97. The Kier molecular flexibility index (Phi) is 14.2. The molecule has 0 spiro atoms. The summed E-state index contributed by atoms with van der Waals surface area (Å²) in [5.41, 5.74) is -0.237. The van der Waals surface area contributed by atoms with E-state index in [0.29, 0.717) is 52.9 Å². The third kappa shape index (κ3) is 19.3. The van der Waals surface area contributed by atoms with Gasteiger partial charge in [0.25, 0.3) is 0 Å². The highest BCUT2D eigenvalue weighted by Gasteiger charge is 2.13. The summed E-state index contributed by atoms with van der Waals surface area (Å²) < 4.78 is 26.6. The van der Waals surface area contributed by atoms with E-state index in [0.717, 1.165) is 0 Å². The number of rotatable bonds is 15. The molecular formula is C17H35NO6. The summed E-state index contributed by atoms with van der Waals surface area (Å²) in [4.78, 5) is 11.5. The first-order chi connectivity index (χ1) is 11.3. The van der Waals surface area contributed by atoms with Crippen molar-refractivity contribution in [1.29, 1.82) is 0 Å². The van der Waals surface area contributed by atoms with Crippen molar-refractivity contribution in [2.24, 2.45) is 0 Å². The SMILES string of the molecule is CC(C)OCCOCCOCCOCCOCC(=O)NC(C)(C)C. The zero-order chi connectivity index (χ0) is 18.3. The number of hydrogen-bond acceptors (Lipinski definition) is 6. The van der Waals surface area contributed by atoms with Crippen LogP contribution in [0.25, 0.3) is 0 Å². The molecule has 0 aliphatic rings. The normalized spacial score (nSPS) is 11.9. The number of nitrogens with one attached hydrogen (secondary N) is 1. The molecule has 24 heavy (non-hydrogen) atoms. The van der Waals surface area contributed by atoms with Crippen LogP contribution in [0.4, 0.5) is 0 Å². The molecule has 7 nitrogen and oxygen atoms in total. The lowest BCUT2D eigenvalue weighted by molar-refractivity contribution is -0.127. The average Bonchev–Trinajstić information content (AvgIpc) is 2.45. The molecule has 0 unspecified atom stereocenters. The molecule has 0 bridgehead atoms. The maximum absolute atomic E-state index is 11.5. The number of amides is 1. The summed E-state index contributed by atoms with van der Waals surface area (Å²) in [6.45, 7) is 13.9. The molecule has 7 heteroatoms. The van der Waals surface area contributed by atoms with Gasteiger partial charge in [0.05, 0.1) is 59.0 Å². The topological polar surface area (TPSA) is 75.2 Å². The molecule has 0 aliphatic heterocycles. The van der Waals surface area contributed by atoms with Crippen LogP contribution in [0.2, 0.25) is 0 Å². The lowest BCUT2D eigenvalue weighted by atomic mass is 10.1. The minimum absolute atomic E-state index is 0.0506. The van der Waals surface area contributed by atoms with Crippen LogP contribution in [-0.4, -0.2) is 77.0 Å². The van der Waals surface area contributed by atoms with Crippen LogP contribution in [0.5, 0.6) is 0 Å². The Hall–Kier alpha value is -0.730. The highest BCUT2D eigenvalue weighted by atomic mass is 16.6. The van der Waals surface area contributed by atoms with Crippen molar-refractivity contribution in [2.75, 3.05) is 59.5 Å². The molecule has 0 aromatic rings. The van der Waals surface area contributed by atoms with E-state index < -0.39 is 0 Å². The van der Waals surface area contributed by atoms with Gasteiger partial charge < -0.3 is 29.0 Å². The molecule has 0 aliphatic carbocycles. The number of ether oxygens (including phenoxy) is 5. The Morgan fingerprint density at radius 3 is 1.62 bits per heavy atom. The summed E-state index contributed by atoms with van der Waals surface area (Å²) in [6, 6.07) is 0. The van der Waals surface area contributed by atoms with Gasteiger partial charge in [-0.15, -0.1) is 0 Å². The van der Waals surface area contributed by atoms with Gasteiger partial charge >= 0.3 is 0 Å². The zero-order valence-electron chi connectivity index (χ0n) is 15.9. The smallest absolute Gasteiger partial charge is 0.246 e. The molecular weight excluding hydrogens is 314 g/mol. The van der Waals surface area contributed by atoms with Gasteiger partial charge in [-0.3, -0.25) is 4.79 Å². The maximum Gasteiger partial charge on any atom is 0.246 e. The van der Waals surface area contributed by atoms with E-state index in [4.69, 9.17) is 23.7 Å². The second-order valence-electron chi connectivity index (χ2n) is 6.61. The summed E-state index contributed by atoms with van der Waals surface area (Å²) >= 11 is 0. The van der Waals surface area contributed by atoms with Gasteiger partial charge in [0.1, 0.15) is 6.61 Å². The molecule has 1 N–H and O–H groups in total. The zero-order valence-corrected chi connectivity index (χ0v) is 15.9. The van der Waals surface area contributed by atoms with Crippen molar-refractivity contribution in [3.05, 3.63) is 0 Å². The Balaban J connectivity index is 3.17. The summed E-state index contributed by atoms with van der Waals surface area (Å²) in [5, 5.41) is 2.82. The first-order valence-electron chi connectivity index (χ1n) is 8.55. The number of carbonyl (C=O) groups is 1. The van der Waals surface area contributed by atoms with Crippen LogP contribution in [0.3, 0.4) is 0 Å². The predicted molar refractivity (Wildman–Crippen MR) is 92.3 cm³/mol. The molecule has 0 atom stereocenters. The lowest BCUT2D eigenvalue weighted by Crippen LogP contribution is -2.42. The standard InChI is InChI=1S/C17H35NO6/c1-15(2)24-13-12-22-9-8-20-6-7-21-10-11-23-14-16(19)18-17(3,4)5/h15H,6-14H2,1-5H3,(H,18,19). The van der Waals surface area contributed by atoms with Crippen LogP contribution in [0, 0.1) is 0 Å². The Bertz CT molecular complexity index is 304. The van der Waals surface area contributed by atoms with Gasteiger partial charge in [-0.2, -0.15) is 0 Å². The fourth-order valence-corrected chi connectivity index (χ4v) is 1.62. The van der Waals surface area contributed by atoms with E-state index in [2.05, 4.69) is 5.32 Å². The molecule has 144 valence electrons. The van der Waals surface area contributed by atoms with E-state index in [9.17, 15) is 4.79 Å². The van der Waals surface area contributed by atoms with Crippen LogP contribution < -0.4 is 5.32 Å². The summed E-state index contributed by atoms with van der Waals surface area (Å²) in [6.07, 6.45) is 0.235. The minimum atomic E-state index is -0.237. The Morgan fingerprint density at radius 1 is 0.792 bits per heavy atom. The van der Waals surface area contributed by atoms with E-state index in [1.807, 2.05) is 34.6 Å². The van der Waals surface area contributed by atoms with E-state index in [-0.39, 0.29) is 24.2 Å². The second kappa shape index (κ2) is 14.6. The highest BCUT2D eigenvalue weighted by molar-refractivity contribution is 5.77. The third-order valence-electron chi connectivity index (χ3n) is 2.54. The van der Waals surface area contributed by atoms with Crippen molar-refractivity contribution in [1.82, 2.24) is 5.32 Å². The van der Waals surface area contributed by atoms with Gasteiger partial charge in [0, 0.05) is 5.54 Å². The fraction of sp³-hybridized carbons (Fsp3) is 0.941. The van der Waals surface area contributed by atoms with Crippen molar-refractivity contribution in [2.45, 2.75) is 46.3 Å². The van der Waals surface area contributed by atoms with Crippen molar-refractivity contribution < 1.29 is 28.5 Å². The fourth-order valence-electron chi connectivity index (χ4n) is 1.62. The van der Waals surface area contributed by atoms with Crippen LogP contribution in [-0.2, 0) is 28.5 Å². The lowest BCUT2D eigenvalue weighted by Gasteiger charge is -2.20. The minimum Gasteiger partial charge on any atom is -0.377 e. The molecule has 1 amide bonds. The van der Waals surface area contributed by atoms with Gasteiger partial charge in [-0.05, 0) is 34.6 Å². The molecule has 0 fully saturated rings. The Labute approximate surface area is 146 Å². The van der Waals surface area contributed by atoms with Crippen LogP contribution in [0.1, 0.15) is 34.6 Å². The molecule has 0 aromatic heterocycles. The van der Waals surface area contributed by atoms with Gasteiger partial charge in [-0.25, -0.2) is 0 Å².